The van der Waals surface area contributed by atoms with Gasteiger partial charge in [-0.3, -0.25) is 14.2 Å². The zero-order valence-corrected chi connectivity index (χ0v) is 13.3. The maximum Gasteiger partial charge on any atom is 0.419 e. The summed E-state index contributed by atoms with van der Waals surface area (Å²) in [4.78, 5) is 35.3. The largest absolute Gasteiger partial charge is 0.508 e. The van der Waals surface area contributed by atoms with Gasteiger partial charge in [-0.15, -0.1) is 0 Å². The topological polar surface area (TPSA) is 114 Å². The lowest BCUT2D eigenvalue weighted by molar-refractivity contribution is -0.136. The van der Waals surface area contributed by atoms with Crippen LogP contribution in [-0.4, -0.2) is 21.5 Å². The van der Waals surface area contributed by atoms with E-state index in [0.717, 1.165) is 0 Å². The van der Waals surface area contributed by atoms with Crippen LogP contribution in [0.15, 0.2) is 51.7 Å². The molecule has 0 spiro atoms. The molecule has 0 radical (unpaired) electrons. The van der Waals surface area contributed by atoms with Crippen molar-refractivity contribution in [3.8, 4) is 5.75 Å². The minimum atomic E-state index is -0.849. The first-order valence-corrected chi connectivity index (χ1v) is 7.41. The van der Waals surface area contributed by atoms with E-state index >= 15 is 0 Å². The molecular formula is C17H15N3O5. The molecule has 0 unspecified atom stereocenters. The third-order valence-corrected chi connectivity index (χ3v) is 3.62. The Hall–Kier alpha value is -3.55. The number of oxazole rings is 1. The van der Waals surface area contributed by atoms with Gasteiger partial charge in [0.25, 0.3) is 0 Å². The number of nitrogens with one attached hydrogen (secondary N) is 2. The summed E-state index contributed by atoms with van der Waals surface area (Å²) in [5.74, 6) is -2.10. The van der Waals surface area contributed by atoms with Crippen molar-refractivity contribution in [1.29, 1.82) is 0 Å². The van der Waals surface area contributed by atoms with Gasteiger partial charge in [0.1, 0.15) is 5.75 Å². The van der Waals surface area contributed by atoms with Crippen molar-refractivity contribution in [3.05, 3.63) is 58.6 Å². The summed E-state index contributed by atoms with van der Waals surface area (Å²) in [5, 5.41) is 14.3. The van der Waals surface area contributed by atoms with Crippen LogP contribution in [0.3, 0.4) is 0 Å². The molecule has 8 heteroatoms. The molecule has 3 rings (SSSR count). The highest BCUT2D eigenvalue weighted by Crippen LogP contribution is 2.17. The second-order valence-corrected chi connectivity index (χ2v) is 5.42. The Kier molecular flexibility index (Phi) is 4.25. The van der Waals surface area contributed by atoms with Crippen LogP contribution in [0.1, 0.15) is 5.56 Å². The molecule has 2 amide bonds. The Morgan fingerprint density at radius 3 is 2.72 bits per heavy atom. The summed E-state index contributed by atoms with van der Waals surface area (Å²) in [6.07, 6.45) is 0. The van der Waals surface area contributed by atoms with Gasteiger partial charge >= 0.3 is 17.6 Å². The number of carbonyl (C=O) groups excluding carboxylic acids is 2. The second-order valence-electron chi connectivity index (χ2n) is 5.42. The summed E-state index contributed by atoms with van der Waals surface area (Å²) in [7, 11) is 1.57. The van der Waals surface area contributed by atoms with E-state index in [1.54, 1.807) is 31.3 Å². The van der Waals surface area contributed by atoms with E-state index in [0.29, 0.717) is 22.4 Å². The number of hydrogen-bond acceptors (Lipinski definition) is 5. The molecule has 2 aromatic carbocycles. The van der Waals surface area contributed by atoms with E-state index in [1.807, 2.05) is 0 Å². The standard InChI is InChI=1S/C17H15N3O5/c1-20-13-6-5-11(8-14(13)25-17(20)24)19-16(23)15(22)18-9-10-3-2-4-12(21)7-10/h2-8,21H,9H2,1H3,(H,18,22)(H,19,23). The van der Waals surface area contributed by atoms with Crippen LogP contribution in [0.2, 0.25) is 0 Å². The van der Waals surface area contributed by atoms with Crippen LogP contribution in [0.5, 0.6) is 5.75 Å². The molecule has 128 valence electrons. The van der Waals surface area contributed by atoms with Crippen LogP contribution < -0.4 is 16.4 Å². The number of amides is 2. The highest BCUT2D eigenvalue weighted by molar-refractivity contribution is 6.39. The minimum absolute atomic E-state index is 0.0776. The van der Waals surface area contributed by atoms with Gasteiger partial charge in [0.15, 0.2) is 5.58 Å². The van der Waals surface area contributed by atoms with Crippen molar-refractivity contribution in [2.75, 3.05) is 5.32 Å². The monoisotopic (exact) mass is 341 g/mol. The molecule has 0 aliphatic heterocycles. The third-order valence-electron chi connectivity index (χ3n) is 3.62. The molecule has 1 heterocycles. The zero-order chi connectivity index (χ0) is 18.0. The Morgan fingerprint density at radius 2 is 1.96 bits per heavy atom. The third kappa shape index (κ3) is 3.52. The van der Waals surface area contributed by atoms with E-state index in [1.165, 1.54) is 22.8 Å². The first-order valence-electron chi connectivity index (χ1n) is 7.41. The Balaban J connectivity index is 1.65. The molecule has 0 aliphatic rings. The van der Waals surface area contributed by atoms with Gasteiger partial charge in [-0.25, -0.2) is 4.79 Å². The number of carbonyl (C=O) groups is 2. The average molecular weight is 341 g/mol. The van der Waals surface area contributed by atoms with Crippen molar-refractivity contribution in [1.82, 2.24) is 9.88 Å². The van der Waals surface area contributed by atoms with Gasteiger partial charge in [-0.1, -0.05) is 12.1 Å². The van der Waals surface area contributed by atoms with Gasteiger partial charge < -0.3 is 20.2 Å². The number of hydrogen-bond donors (Lipinski definition) is 3. The number of benzene rings is 2. The van der Waals surface area contributed by atoms with Crippen molar-refractivity contribution >= 4 is 28.6 Å². The van der Waals surface area contributed by atoms with Crippen molar-refractivity contribution in [3.63, 3.8) is 0 Å². The highest BCUT2D eigenvalue weighted by Gasteiger charge is 2.14. The summed E-state index contributed by atoms with van der Waals surface area (Å²) in [6, 6.07) is 11.0. The van der Waals surface area contributed by atoms with E-state index < -0.39 is 17.6 Å². The van der Waals surface area contributed by atoms with Crippen molar-refractivity contribution in [2.45, 2.75) is 6.54 Å². The molecule has 25 heavy (non-hydrogen) atoms. The van der Waals surface area contributed by atoms with Crippen LogP contribution in [0.4, 0.5) is 5.69 Å². The molecular weight excluding hydrogens is 326 g/mol. The quantitative estimate of drug-likeness (QED) is 0.617. The van der Waals surface area contributed by atoms with Crippen molar-refractivity contribution < 1.29 is 19.1 Å². The Bertz CT molecular complexity index is 1020. The number of anilines is 1. The lowest BCUT2D eigenvalue weighted by atomic mass is 10.2. The number of phenols is 1. The van der Waals surface area contributed by atoms with Gasteiger partial charge in [-0.05, 0) is 29.8 Å². The maximum absolute atomic E-state index is 11.9. The summed E-state index contributed by atoms with van der Waals surface area (Å²) < 4.78 is 6.37. The Labute approximate surface area is 141 Å². The summed E-state index contributed by atoms with van der Waals surface area (Å²) in [6.45, 7) is 0.104. The van der Waals surface area contributed by atoms with Crippen LogP contribution in [0, 0.1) is 0 Å². The molecule has 3 N–H and O–H groups in total. The Morgan fingerprint density at radius 1 is 1.16 bits per heavy atom. The lowest BCUT2D eigenvalue weighted by Crippen LogP contribution is -2.34. The van der Waals surface area contributed by atoms with Gasteiger partial charge in [-0.2, -0.15) is 0 Å². The molecule has 0 fully saturated rings. The number of phenolic OH excluding ortho intramolecular Hbond substituents is 1. The van der Waals surface area contributed by atoms with Gasteiger partial charge in [0.2, 0.25) is 0 Å². The predicted molar refractivity (Wildman–Crippen MR) is 90.0 cm³/mol. The number of aromatic nitrogens is 1. The molecule has 0 saturated carbocycles. The van der Waals surface area contributed by atoms with E-state index in [4.69, 9.17) is 4.42 Å². The smallest absolute Gasteiger partial charge is 0.419 e. The SMILES string of the molecule is Cn1c(=O)oc2cc(NC(=O)C(=O)NCc3cccc(O)c3)ccc21. The van der Waals surface area contributed by atoms with E-state index in [-0.39, 0.29) is 12.3 Å². The molecule has 8 nitrogen and oxygen atoms in total. The first kappa shape index (κ1) is 16.3. The molecule has 3 aromatic rings. The second kappa shape index (κ2) is 6.52. The number of fused-ring (bicyclic) bond motifs is 1. The molecule has 0 saturated heterocycles. The summed E-state index contributed by atoms with van der Waals surface area (Å²) in [5.41, 5.74) is 1.88. The molecule has 0 atom stereocenters. The van der Waals surface area contributed by atoms with Gasteiger partial charge in [0.05, 0.1) is 5.52 Å². The fraction of sp³-hybridized carbons (Fsp3) is 0.118. The van der Waals surface area contributed by atoms with Crippen molar-refractivity contribution in [2.24, 2.45) is 7.05 Å². The first-order chi connectivity index (χ1) is 11.9. The summed E-state index contributed by atoms with van der Waals surface area (Å²) >= 11 is 0. The number of nitrogens with zero attached hydrogens (tertiary/aromatic N) is 1. The number of aromatic hydroxyl groups is 1. The van der Waals surface area contributed by atoms with E-state index in [2.05, 4.69) is 10.6 Å². The normalized spacial score (nSPS) is 10.6. The molecule has 0 aliphatic carbocycles. The average Bonchev–Trinajstić information content (AvgIpc) is 2.86. The van der Waals surface area contributed by atoms with Gasteiger partial charge in [0, 0.05) is 25.3 Å². The zero-order valence-electron chi connectivity index (χ0n) is 13.3. The lowest BCUT2D eigenvalue weighted by Gasteiger charge is -2.07. The fourth-order valence-corrected chi connectivity index (χ4v) is 2.33. The maximum atomic E-state index is 11.9. The van der Waals surface area contributed by atoms with Crippen LogP contribution in [-0.2, 0) is 23.2 Å². The fourth-order valence-electron chi connectivity index (χ4n) is 2.33. The van der Waals surface area contributed by atoms with Crippen LogP contribution in [0.25, 0.3) is 11.1 Å². The molecule has 1 aromatic heterocycles. The van der Waals surface area contributed by atoms with E-state index in [9.17, 15) is 19.5 Å². The number of aryl methyl sites for hydroxylation is 1. The number of rotatable bonds is 3. The predicted octanol–water partition coefficient (Wildman–Crippen LogP) is 1.09. The van der Waals surface area contributed by atoms with Crippen LogP contribution >= 0.6 is 0 Å². The minimum Gasteiger partial charge on any atom is -0.508 e. The highest BCUT2D eigenvalue weighted by atomic mass is 16.4. The molecule has 0 bridgehead atoms.